The Kier molecular flexibility index (Phi) is 6.40. The molecule has 1 heterocycles. The number of nitrogens with zero attached hydrogens (tertiary/aromatic N) is 4. The van der Waals surface area contributed by atoms with Crippen LogP contribution in [0.2, 0.25) is 0 Å². The van der Waals surface area contributed by atoms with Crippen molar-refractivity contribution in [1.82, 2.24) is 9.97 Å². The first-order chi connectivity index (χ1) is 9.60. The van der Waals surface area contributed by atoms with Gasteiger partial charge in [0.15, 0.2) is 0 Å². The molecular formula is C13H18N4O3. The fourth-order valence-electron chi connectivity index (χ4n) is 1.57. The van der Waals surface area contributed by atoms with Crippen LogP contribution in [0, 0.1) is 18.3 Å². The van der Waals surface area contributed by atoms with Gasteiger partial charge in [-0.05, 0) is 19.9 Å². The third kappa shape index (κ3) is 4.82. The van der Waals surface area contributed by atoms with Crippen molar-refractivity contribution in [1.29, 1.82) is 5.26 Å². The van der Waals surface area contributed by atoms with Crippen LogP contribution in [0.25, 0.3) is 0 Å². The topological polar surface area (TPSA) is 88.3 Å². The van der Waals surface area contributed by atoms with Crippen LogP contribution < -0.4 is 4.90 Å². The zero-order valence-corrected chi connectivity index (χ0v) is 11.9. The van der Waals surface area contributed by atoms with Crippen molar-refractivity contribution in [3.63, 3.8) is 0 Å². The van der Waals surface area contributed by atoms with Crippen LogP contribution in [0.4, 0.5) is 5.95 Å². The summed E-state index contributed by atoms with van der Waals surface area (Å²) in [5.74, 6) is -0.0427. The molecule has 0 radical (unpaired) electrons. The summed E-state index contributed by atoms with van der Waals surface area (Å²) in [6.45, 7) is 4.70. The van der Waals surface area contributed by atoms with Crippen LogP contribution in [0.3, 0.4) is 0 Å². The summed E-state index contributed by atoms with van der Waals surface area (Å²) in [6.07, 6.45) is 0. The Morgan fingerprint density at radius 1 is 1.50 bits per heavy atom. The monoisotopic (exact) mass is 278 g/mol. The molecule has 1 rings (SSSR count). The van der Waals surface area contributed by atoms with Gasteiger partial charge in [0.05, 0.1) is 13.2 Å². The molecule has 7 nitrogen and oxygen atoms in total. The fraction of sp³-hybridized carbons (Fsp3) is 0.538. The average molecular weight is 278 g/mol. The standard InChI is InChI=1S/C13H18N4O3/c1-4-20-12(18)9-17(5-6-19-3)13-15-10(2)7-11(8-14)16-13/h7H,4-6,9H2,1-3H3. The first-order valence-electron chi connectivity index (χ1n) is 6.26. The average Bonchev–Trinajstić information content (AvgIpc) is 2.42. The van der Waals surface area contributed by atoms with E-state index in [2.05, 4.69) is 9.97 Å². The van der Waals surface area contributed by atoms with E-state index in [1.165, 1.54) is 0 Å². The molecule has 1 aromatic rings. The second-order valence-electron chi connectivity index (χ2n) is 4.03. The van der Waals surface area contributed by atoms with Crippen molar-refractivity contribution >= 4 is 11.9 Å². The highest BCUT2D eigenvalue weighted by atomic mass is 16.5. The lowest BCUT2D eigenvalue weighted by molar-refractivity contribution is -0.141. The molecule has 0 fully saturated rings. The van der Waals surface area contributed by atoms with Crippen LogP contribution >= 0.6 is 0 Å². The minimum atomic E-state index is -0.368. The number of hydrogen-bond acceptors (Lipinski definition) is 7. The Hall–Kier alpha value is -2.20. The summed E-state index contributed by atoms with van der Waals surface area (Å²) >= 11 is 0. The maximum atomic E-state index is 11.6. The van der Waals surface area contributed by atoms with Gasteiger partial charge in [-0.2, -0.15) is 5.26 Å². The highest BCUT2D eigenvalue weighted by molar-refractivity contribution is 5.75. The van der Waals surface area contributed by atoms with Crippen LogP contribution in [0.15, 0.2) is 6.07 Å². The molecule has 1 aromatic heterocycles. The normalized spacial score (nSPS) is 9.90. The molecule has 20 heavy (non-hydrogen) atoms. The van der Waals surface area contributed by atoms with E-state index in [0.717, 1.165) is 0 Å². The van der Waals surface area contributed by atoms with Crippen molar-refractivity contribution < 1.29 is 14.3 Å². The van der Waals surface area contributed by atoms with Gasteiger partial charge in [-0.15, -0.1) is 0 Å². The molecule has 0 aromatic carbocycles. The lowest BCUT2D eigenvalue weighted by Gasteiger charge is -2.21. The van der Waals surface area contributed by atoms with E-state index in [1.807, 2.05) is 6.07 Å². The van der Waals surface area contributed by atoms with Crippen molar-refractivity contribution in [3.05, 3.63) is 17.5 Å². The number of nitriles is 1. The molecule has 0 aliphatic rings. The van der Waals surface area contributed by atoms with E-state index in [9.17, 15) is 4.79 Å². The number of ether oxygens (including phenoxy) is 2. The molecule has 0 aliphatic carbocycles. The predicted octanol–water partition coefficient (Wildman–Crippen LogP) is 0.673. The summed E-state index contributed by atoms with van der Waals surface area (Å²) in [5, 5.41) is 8.94. The van der Waals surface area contributed by atoms with Gasteiger partial charge >= 0.3 is 5.97 Å². The lowest BCUT2D eigenvalue weighted by Crippen LogP contribution is -2.35. The number of aryl methyl sites for hydroxylation is 1. The second-order valence-corrected chi connectivity index (χ2v) is 4.03. The molecule has 0 bridgehead atoms. The first-order valence-corrected chi connectivity index (χ1v) is 6.26. The quantitative estimate of drug-likeness (QED) is 0.677. The van der Waals surface area contributed by atoms with Crippen molar-refractivity contribution in [2.24, 2.45) is 0 Å². The Morgan fingerprint density at radius 2 is 2.25 bits per heavy atom. The van der Waals surface area contributed by atoms with Gasteiger partial charge in [0.2, 0.25) is 5.95 Å². The van der Waals surface area contributed by atoms with Gasteiger partial charge in [-0.3, -0.25) is 4.79 Å². The van der Waals surface area contributed by atoms with E-state index in [4.69, 9.17) is 14.7 Å². The summed E-state index contributed by atoms with van der Waals surface area (Å²) < 4.78 is 9.93. The van der Waals surface area contributed by atoms with Gasteiger partial charge in [0.1, 0.15) is 18.3 Å². The Morgan fingerprint density at radius 3 is 2.85 bits per heavy atom. The zero-order valence-electron chi connectivity index (χ0n) is 11.9. The highest BCUT2D eigenvalue weighted by Gasteiger charge is 2.16. The number of carbonyl (C=O) groups excluding carboxylic acids is 1. The zero-order chi connectivity index (χ0) is 15.0. The summed E-state index contributed by atoms with van der Waals surface area (Å²) in [5.41, 5.74) is 0.927. The molecule has 0 saturated heterocycles. The predicted molar refractivity (Wildman–Crippen MR) is 72.2 cm³/mol. The Bertz CT molecular complexity index is 499. The van der Waals surface area contributed by atoms with Gasteiger partial charge in [-0.25, -0.2) is 9.97 Å². The summed E-state index contributed by atoms with van der Waals surface area (Å²) in [7, 11) is 1.57. The minimum absolute atomic E-state index is 0.0194. The summed E-state index contributed by atoms with van der Waals surface area (Å²) in [4.78, 5) is 21.6. The van der Waals surface area contributed by atoms with Gasteiger partial charge in [-0.1, -0.05) is 0 Å². The molecule has 108 valence electrons. The van der Waals surface area contributed by atoms with E-state index in [0.29, 0.717) is 31.4 Å². The molecule has 0 saturated carbocycles. The first kappa shape index (κ1) is 15.9. The molecule has 0 spiro atoms. The maximum absolute atomic E-state index is 11.6. The largest absolute Gasteiger partial charge is 0.465 e. The van der Waals surface area contributed by atoms with Gasteiger partial charge in [0, 0.05) is 19.3 Å². The molecule has 0 atom stereocenters. The number of esters is 1. The second kappa shape index (κ2) is 8.07. The smallest absolute Gasteiger partial charge is 0.325 e. The number of rotatable bonds is 7. The molecule has 0 amide bonds. The molecule has 0 N–H and O–H groups in total. The fourth-order valence-corrected chi connectivity index (χ4v) is 1.57. The lowest BCUT2D eigenvalue weighted by atomic mass is 10.3. The van der Waals surface area contributed by atoms with Crippen molar-refractivity contribution in [2.75, 3.05) is 38.3 Å². The molecular weight excluding hydrogens is 260 g/mol. The summed E-state index contributed by atoms with van der Waals surface area (Å²) in [6, 6.07) is 3.56. The van der Waals surface area contributed by atoms with Crippen LogP contribution in [-0.4, -0.2) is 49.4 Å². The molecule has 0 aliphatic heterocycles. The molecule has 0 unspecified atom stereocenters. The third-order valence-corrected chi connectivity index (χ3v) is 2.43. The Balaban J connectivity index is 2.94. The Labute approximate surface area is 118 Å². The highest BCUT2D eigenvalue weighted by Crippen LogP contribution is 2.10. The SMILES string of the molecule is CCOC(=O)CN(CCOC)c1nc(C)cc(C#N)n1. The van der Waals surface area contributed by atoms with Crippen LogP contribution in [0.5, 0.6) is 0 Å². The van der Waals surface area contributed by atoms with Gasteiger partial charge in [0.25, 0.3) is 0 Å². The number of aromatic nitrogens is 2. The van der Waals surface area contributed by atoms with E-state index in [-0.39, 0.29) is 18.2 Å². The van der Waals surface area contributed by atoms with Crippen molar-refractivity contribution in [3.8, 4) is 6.07 Å². The van der Waals surface area contributed by atoms with Gasteiger partial charge < -0.3 is 14.4 Å². The molecule has 7 heteroatoms. The van der Waals surface area contributed by atoms with E-state index in [1.54, 1.807) is 31.9 Å². The van der Waals surface area contributed by atoms with E-state index < -0.39 is 0 Å². The third-order valence-electron chi connectivity index (χ3n) is 2.43. The number of hydrogen-bond donors (Lipinski definition) is 0. The number of anilines is 1. The maximum Gasteiger partial charge on any atom is 0.325 e. The van der Waals surface area contributed by atoms with E-state index >= 15 is 0 Å². The van der Waals surface area contributed by atoms with Crippen LogP contribution in [0.1, 0.15) is 18.3 Å². The van der Waals surface area contributed by atoms with Crippen LogP contribution in [-0.2, 0) is 14.3 Å². The number of methoxy groups -OCH3 is 1. The number of carbonyl (C=O) groups is 1. The van der Waals surface area contributed by atoms with Crippen molar-refractivity contribution in [2.45, 2.75) is 13.8 Å². The minimum Gasteiger partial charge on any atom is -0.465 e.